The normalized spacial score (nSPS) is 15.0. The lowest BCUT2D eigenvalue weighted by Crippen LogP contribution is -2.51. The number of hydrogen-bond acceptors (Lipinski definition) is 7. The Bertz CT molecular complexity index is 1210. The summed E-state index contributed by atoms with van der Waals surface area (Å²) >= 11 is 0. The molecule has 10 nitrogen and oxygen atoms in total. The monoisotopic (exact) mass is 481 g/mol. The number of carboxylic acid groups (broad SMARTS) is 1. The second-order valence-corrected chi connectivity index (χ2v) is 8.43. The van der Waals surface area contributed by atoms with Gasteiger partial charge in [0, 0.05) is 31.3 Å². The number of amides is 2. The van der Waals surface area contributed by atoms with E-state index in [1.807, 2.05) is 18.2 Å². The topological polar surface area (TPSA) is 137 Å². The number of carboxylic acids is 1. The molecule has 0 aliphatic carbocycles. The summed E-state index contributed by atoms with van der Waals surface area (Å²) in [4.78, 5) is 30.8. The van der Waals surface area contributed by atoms with Crippen LogP contribution in [0, 0.1) is 0 Å². The molecule has 1 aromatic heterocycles. The molecule has 1 fully saturated rings. The van der Waals surface area contributed by atoms with Gasteiger partial charge < -0.3 is 24.3 Å². The lowest BCUT2D eigenvalue weighted by molar-refractivity contribution is -0.147. The number of urea groups is 1. The molecule has 4 rings (SSSR count). The Morgan fingerprint density at radius 3 is 2.37 bits per heavy atom. The summed E-state index contributed by atoms with van der Waals surface area (Å²) in [6.45, 7) is 0.119. The fourth-order valence-electron chi connectivity index (χ4n) is 4.31. The third-order valence-corrected chi connectivity index (χ3v) is 6.37. The number of benzene rings is 2. The maximum absolute atomic E-state index is 12.6. The highest BCUT2D eigenvalue weighted by molar-refractivity contribution is 5.84. The van der Waals surface area contributed by atoms with E-state index in [9.17, 15) is 25.0 Å². The summed E-state index contributed by atoms with van der Waals surface area (Å²) in [7, 11) is 2.77. The van der Waals surface area contributed by atoms with Crippen LogP contribution in [-0.2, 0) is 16.8 Å². The molecule has 0 atom stereocenters. The van der Waals surface area contributed by atoms with Crippen LogP contribution in [0.4, 0.5) is 4.79 Å². The molecule has 0 saturated carbocycles. The number of hydroxylamine groups is 2. The molecule has 0 unspecified atom stereocenters. The van der Waals surface area contributed by atoms with Crippen LogP contribution < -0.4 is 4.74 Å². The predicted molar refractivity (Wildman–Crippen MR) is 125 cm³/mol. The minimum Gasteiger partial charge on any atom is -0.496 e. The minimum absolute atomic E-state index is 0.0385. The van der Waals surface area contributed by atoms with Gasteiger partial charge in [-0.15, -0.1) is 0 Å². The van der Waals surface area contributed by atoms with Crippen LogP contribution in [0.15, 0.2) is 52.9 Å². The first kappa shape index (κ1) is 24.2. The van der Waals surface area contributed by atoms with E-state index in [4.69, 9.17) is 9.15 Å². The number of ether oxygens (including phenoxy) is 1. The van der Waals surface area contributed by atoms with Gasteiger partial charge in [0.25, 0.3) is 0 Å². The number of rotatable bonds is 6. The SMILES string of the molecule is COc1ccccc1-c1nc(C2(C(=O)O)CCN(C(=O)N(C)O)CC2)oc1-c1ccc(CO)cc1. The third kappa shape index (κ3) is 4.45. The number of nitrogens with zero attached hydrogens (tertiary/aromatic N) is 3. The van der Waals surface area contributed by atoms with Crippen molar-refractivity contribution in [3.63, 3.8) is 0 Å². The van der Waals surface area contributed by atoms with Crippen molar-refractivity contribution in [1.82, 2.24) is 14.9 Å². The van der Waals surface area contributed by atoms with Gasteiger partial charge in [0.2, 0.25) is 5.89 Å². The molecular formula is C25H27N3O7. The first-order chi connectivity index (χ1) is 16.8. The summed E-state index contributed by atoms with van der Waals surface area (Å²) in [6, 6.07) is 13.7. The van der Waals surface area contributed by atoms with Gasteiger partial charge in [-0.1, -0.05) is 36.4 Å². The van der Waals surface area contributed by atoms with E-state index in [1.54, 1.807) is 37.4 Å². The fourth-order valence-corrected chi connectivity index (χ4v) is 4.31. The summed E-state index contributed by atoms with van der Waals surface area (Å²) in [5, 5.41) is 29.6. The van der Waals surface area contributed by atoms with Crippen LogP contribution >= 0.6 is 0 Å². The van der Waals surface area contributed by atoms with Gasteiger partial charge in [-0.05, 0) is 30.5 Å². The average molecular weight is 482 g/mol. The molecule has 2 amide bonds. The van der Waals surface area contributed by atoms with Crippen LogP contribution in [0.25, 0.3) is 22.6 Å². The molecule has 3 N–H and O–H groups in total. The van der Waals surface area contributed by atoms with Crippen molar-refractivity contribution < 1.29 is 34.2 Å². The molecule has 0 bridgehead atoms. The number of aliphatic carboxylic acids is 1. The molecule has 184 valence electrons. The van der Waals surface area contributed by atoms with Crippen molar-refractivity contribution in [2.45, 2.75) is 24.9 Å². The van der Waals surface area contributed by atoms with E-state index in [0.717, 1.165) is 5.56 Å². The van der Waals surface area contributed by atoms with E-state index in [2.05, 4.69) is 4.98 Å². The molecule has 1 aliphatic rings. The molecule has 10 heteroatoms. The number of carbonyl (C=O) groups excluding carboxylic acids is 1. The van der Waals surface area contributed by atoms with Crippen LogP contribution in [0.1, 0.15) is 24.3 Å². The molecule has 2 heterocycles. The Morgan fingerprint density at radius 2 is 1.80 bits per heavy atom. The van der Waals surface area contributed by atoms with E-state index >= 15 is 0 Å². The standard InChI is InChI=1S/C25H27N3O7/c1-27(33)24(32)28-13-11-25(12-14-28,23(30)31)22-26-20(18-5-3-4-6-19(18)34-2)21(35-22)17-9-7-16(15-29)8-10-17/h3-10,29,33H,11-15H2,1-2H3,(H,30,31). The molecule has 0 radical (unpaired) electrons. The summed E-state index contributed by atoms with van der Waals surface area (Å²) < 4.78 is 11.7. The quantitative estimate of drug-likeness (QED) is 0.360. The van der Waals surface area contributed by atoms with E-state index in [1.165, 1.54) is 11.9 Å². The van der Waals surface area contributed by atoms with Crippen molar-refractivity contribution in [3.8, 4) is 28.3 Å². The number of oxazole rings is 1. The number of aromatic nitrogens is 1. The second-order valence-electron chi connectivity index (χ2n) is 8.43. The van der Waals surface area contributed by atoms with Crippen molar-refractivity contribution in [2.75, 3.05) is 27.2 Å². The molecule has 1 saturated heterocycles. The van der Waals surface area contributed by atoms with Crippen LogP contribution in [0.3, 0.4) is 0 Å². The number of aliphatic hydroxyl groups excluding tert-OH is 1. The van der Waals surface area contributed by atoms with Gasteiger partial charge in [-0.3, -0.25) is 10.0 Å². The Morgan fingerprint density at radius 1 is 1.14 bits per heavy atom. The minimum atomic E-state index is -1.45. The molecule has 3 aromatic rings. The largest absolute Gasteiger partial charge is 0.496 e. The third-order valence-electron chi connectivity index (χ3n) is 6.37. The highest BCUT2D eigenvalue weighted by atomic mass is 16.5. The number of piperidine rings is 1. The van der Waals surface area contributed by atoms with Gasteiger partial charge in [-0.2, -0.15) is 0 Å². The smallest absolute Gasteiger partial charge is 0.343 e. The number of carbonyl (C=O) groups is 2. The zero-order chi connectivity index (χ0) is 25.2. The Labute approximate surface area is 201 Å². The van der Waals surface area contributed by atoms with Gasteiger partial charge in [-0.25, -0.2) is 14.8 Å². The maximum atomic E-state index is 12.6. The zero-order valence-corrected chi connectivity index (χ0v) is 19.5. The first-order valence-electron chi connectivity index (χ1n) is 11.1. The number of hydrogen-bond donors (Lipinski definition) is 3. The molecular weight excluding hydrogens is 454 g/mol. The van der Waals surface area contributed by atoms with Gasteiger partial charge in [0.15, 0.2) is 5.76 Å². The maximum Gasteiger partial charge on any atom is 0.343 e. The predicted octanol–water partition coefficient (Wildman–Crippen LogP) is 3.37. The van der Waals surface area contributed by atoms with Crippen LogP contribution in [0.5, 0.6) is 5.75 Å². The number of methoxy groups -OCH3 is 1. The van der Waals surface area contributed by atoms with Crippen molar-refractivity contribution >= 4 is 12.0 Å². The first-order valence-corrected chi connectivity index (χ1v) is 11.1. The Balaban J connectivity index is 1.82. The number of aliphatic hydroxyl groups is 1. The van der Waals surface area contributed by atoms with E-state index < -0.39 is 17.4 Å². The van der Waals surface area contributed by atoms with Crippen molar-refractivity contribution in [1.29, 1.82) is 0 Å². The van der Waals surface area contributed by atoms with Crippen LogP contribution in [0.2, 0.25) is 0 Å². The second kappa shape index (κ2) is 9.77. The number of para-hydroxylation sites is 1. The lowest BCUT2D eigenvalue weighted by atomic mass is 9.78. The molecule has 35 heavy (non-hydrogen) atoms. The highest BCUT2D eigenvalue weighted by Gasteiger charge is 2.49. The fraction of sp³-hybridized carbons (Fsp3) is 0.320. The lowest BCUT2D eigenvalue weighted by Gasteiger charge is -2.37. The molecule has 2 aromatic carbocycles. The summed E-state index contributed by atoms with van der Waals surface area (Å²) in [5.74, 6) is -0.131. The van der Waals surface area contributed by atoms with Crippen molar-refractivity contribution in [2.24, 2.45) is 0 Å². The Kier molecular flexibility index (Phi) is 6.77. The zero-order valence-electron chi connectivity index (χ0n) is 19.5. The summed E-state index contributed by atoms with van der Waals surface area (Å²) in [5.41, 5.74) is 1.01. The van der Waals surface area contributed by atoms with E-state index in [0.29, 0.717) is 33.4 Å². The van der Waals surface area contributed by atoms with Gasteiger partial charge in [0.05, 0.1) is 13.7 Å². The molecule has 0 spiro atoms. The molecule has 1 aliphatic heterocycles. The van der Waals surface area contributed by atoms with Crippen molar-refractivity contribution in [3.05, 3.63) is 60.0 Å². The number of likely N-dealkylation sites (tertiary alicyclic amines) is 1. The van der Waals surface area contributed by atoms with Gasteiger partial charge in [0.1, 0.15) is 16.9 Å². The Hall–Kier alpha value is -3.89. The van der Waals surface area contributed by atoms with E-state index in [-0.39, 0.29) is 38.4 Å². The van der Waals surface area contributed by atoms with Crippen LogP contribution in [-0.4, -0.2) is 69.6 Å². The highest BCUT2D eigenvalue weighted by Crippen LogP contribution is 2.43. The van der Waals surface area contributed by atoms with Gasteiger partial charge >= 0.3 is 12.0 Å². The average Bonchev–Trinajstić information content (AvgIpc) is 3.33. The summed E-state index contributed by atoms with van der Waals surface area (Å²) in [6.07, 6.45) is 0.132.